The smallest absolute Gasteiger partial charge is 0.298 e. The third-order valence-electron chi connectivity index (χ3n) is 6.00. The molecule has 0 aliphatic carbocycles. The van der Waals surface area contributed by atoms with Crippen LogP contribution in [-0.2, 0) is 0 Å². The minimum atomic E-state index is -4.04. The Labute approximate surface area is 158 Å². The van der Waals surface area contributed by atoms with Gasteiger partial charge in [0.2, 0.25) is 0 Å². The molecule has 2 aliphatic rings. The van der Waals surface area contributed by atoms with Crippen LogP contribution >= 0.6 is 0 Å². The van der Waals surface area contributed by atoms with E-state index in [9.17, 15) is 13.2 Å². The molecule has 2 heterocycles. The first-order valence-electron chi connectivity index (χ1n) is 9.67. The molecular formula is C22H25F3N2. The Morgan fingerprint density at radius 2 is 1.26 bits per heavy atom. The molecular weight excluding hydrogens is 349 g/mol. The van der Waals surface area contributed by atoms with Crippen LogP contribution in [0.2, 0.25) is 0 Å². The molecule has 0 unspecified atom stereocenters. The lowest BCUT2D eigenvalue weighted by molar-refractivity contribution is -0.187. The second-order valence-electron chi connectivity index (χ2n) is 7.68. The van der Waals surface area contributed by atoms with Crippen LogP contribution in [0.5, 0.6) is 0 Å². The first-order chi connectivity index (χ1) is 13.0. The van der Waals surface area contributed by atoms with Gasteiger partial charge in [-0.3, -0.25) is 9.80 Å². The summed E-state index contributed by atoms with van der Waals surface area (Å²) >= 11 is 0. The van der Waals surface area contributed by atoms with Crippen LogP contribution < -0.4 is 0 Å². The molecule has 0 N–H and O–H groups in total. The van der Waals surface area contributed by atoms with E-state index in [1.807, 2.05) is 12.1 Å². The van der Waals surface area contributed by atoms with Gasteiger partial charge in [0.1, 0.15) is 0 Å². The van der Waals surface area contributed by atoms with E-state index in [4.69, 9.17) is 0 Å². The summed E-state index contributed by atoms with van der Waals surface area (Å²) in [7, 11) is 0. The molecule has 0 aromatic heterocycles. The molecule has 2 aromatic rings. The Kier molecular flexibility index (Phi) is 5.24. The maximum Gasteiger partial charge on any atom is 0.391 e. The highest BCUT2D eigenvalue weighted by molar-refractivity contribution is 5.32. The second kappa shape index (κ2) is 7.64. The molecule has 0 radical (unpaired) electrons. The summed E-state index contributed by atoms with van der Waals surface area (Å²) in [6.07, 6.45) is -3.56. The van der Waals surface area contributed by atoms with E-state index < -0.39 is 12.1 Å². The number of halogens is 3. The zero-order chi connectivity index (χ0) is 18.9. The van der Waals surface area contributed by atoms with Crippen molar-refractivity contribution in [2.45, 2.75) is 31.1 Å². The fourth-order valence-electron chi connectivity index (χ4n) is 4.41. The van der Waals surface area contributed by atoms with Crippen molar-refractivity contribution < 1.29 is 13.2 Å². The zero-order valence-corrected chi connectivity index (χ0v) is 15.3. The molecule has 2 aliphatic heterocycles. The van der Waals surface area contributed by atoms with Gasteiger partial charge in [0.25, 0.3) is 0 Å². The Morgan fingerprint density at radius 3 is 1.70 bits per heavy atom. The average molecular weight is 374 g/mol. The molecule has 27 heavy (non-hydrogen) atoms. The highest BCUT2D eigenvalue weighted by atomic mass is 19.4. The predicted octanol–water partition coefficient (Wildman–Crippen LogP) is 4.73. The number of likely N-dealkylation sites (tertiary alicyclic amines) is 2. The lowest BCUT2D eigenvalue weighted by Crippen LogP contribution is -2.61. The van der Waals surface area contributed by atoms with Gasteiger partial charge in [0.15, 0.2) is 0 Å². The van der Waals surface area contributed by atoms with E-state index in [0.29, 0.717) is 19.1 Å². The van der Waals surface area contributed by atoms with E-state index in [-0.39, 0.29) is 18.9 Å². The van der Waals surface area contributed by atoms with Crippen LogP contribution in [0.25, 0.3) is 0 Å². The predicted molar refractivity (Wildman–Crippen MR) is 100 cm³/mol. The first-order valence-corrected chi connectivity index (χ1v) is 9.67. The molecule has 0 bridgehead atoms. The van der Waals surface area contributed by atoms with Crippen LogP contribution in [0.1, 0.15) is 30.0 Å². The van der Waals surface area contributed by atoms with Crippen molar-refractivity contribution in [2.75, 3.05) is 26.2 Å². The zero-order valence-electron chi connectivity index (χ0n) is 15.3. The largest absolute Gasteiger partial charge is 0.391 e. The van der Waals surface area contributed by atoms with Crippen molar-refractivity contribution in [2.24, 2.45) is 5.92 Å². The van der Waals surface area contributed by atoms with Gasteiger partial charge in [-0.15, -0.1) is 0 Å². The Bertz CT molecular complexity index is 679. The Balaban J connectivity index is 1.41. The van der Waals surface area contributed by atoms with Crippen molar-refractivity contribution in [3.8, 4) is 0 Å². The van der Waals surface area contributed by atoms with Crippen LogP contribution in [0.4, 0.5) is 13.2 Å². The minimum absolute atomic E-state index is 0.205. The third kappa shape index (κ3) is 4.04. The van der Waals surface area contributed by atoms with Gasteiger partial charge < -0.3 is 0 Å². The summed E-state index contributed by atoms with van der Waals surface area (Å²) in [5, 5.41) is 0. The minimum Gasteiger partial charge on any atom is -0.298 e. The summed E-state index contributed by atoms with van der Waals surface area (Å²) in [4.78, 5) is 4.69. The quantitative estimate of drug-likeness (QED) is 0.763. The summed E-state index contributed by atoms with van der Waals surface area (Å²) < 4.78 is 38.6. The van der Waals surface area contributed by atoms with Gasteiger partial charge in [-0.05, 0) is 37.1 Å². The number of alkyl halides is 3. The second-order valence-corrected chi connectivity index (χ2v) is 7.68. The van der Waals surface area contributed by atoms with Crippen LogP contribution in [0.15, 0.2) is 60.7 Å². The monoisotopic (exact) mass is 374 g/mol. The first kappa shape index (κ1) is 18.5. The average Bonchev–Trinajstić information content (AvgIpc) is 2.65. The fourth-order valence-corrected chi connectivity index (χ4v) is 4.41. The fraction of sp³-hybridized carbons (Fsp3) is 0.455. The summed E-state index contributed by atoms with van der Waals surface area (Å²) in [6, 6.07) is 21.5. The molecule has 144 valence electrons. The summed E-state index contributed by atoms with van der Waals surface area (Å²) in [5.41, 5.74) is 2.52. The third-order valence-corrected chi connectivity index (χ3v) is 6.00. The van der Waals surface area contributed by atoms with Gasteiger partial charge in [-0.2, -0.15) is 13.2 Å². The molecule has 2 saturated heterocycles. The standard InChI is InChI=1S/C22H25F3N2/c23-22(24,25)19-11-13-26(14-12-19)20-15-27(16-20)21(17-7-3-1-4-8-17)18-9-5-2-6-10-18/h1-10,19-21H,11-16H2. The lowest BCUT2D eigenvalue weighted by atomic mass is 9.90. The van der Waals surface area contributed by atoms with Crippen LogP contribution in [-0.4, -0.2) is 48.2 Å². The number of rotatable bonds is 4. The number of piperidine rings is 1. The topological polar surface area (TPSA) is 6.48 Å². The molecule has 4 rings (SSSR count). The van der Waals surface area contributed by atoms with E-state index >= 15 is 0 Å². The lowest BCUT2D eigenvalue weighted by Gasteiger charge is -2.50. The summed E-state index contributed by atoms with van der Waals surface area (Å²) in [6.45, 7) is 2.93. The van der Waals surface area contributed by atoms with E-state index in [1.54, 1.807) is 0 Å². The molecule has 2 fully saturated rings. The van der Waals surface area contributed by atoms with Crippen LogP contribution in [0, 0.1) is 5.92 Å². The molecule has 0 spiro atoms. The van der Waals surface area contributed by atoms with Crippen molar-refractivity contribution >= 4 is 0 Å². The van der Waals surface area contributed by atoms with E-state index in [0.717, 1.165) is 13.1 Å². The van der Waals surface area contributed by atoms with Crippen molar-refractivity contribution in [1.29, 1.82) is 0 Å². The van der Waals surface area contributed by atoms with Gasteiger partial charge in [0, 0.05) is 19.1 Å². The number of benzene rings is 2. The molecule has 0 amide bonds. The molecule has 2 aromatic carbocycles. The molecule has 0 saturated carbocycles. The highest BCUT2D eigenvalue weighted by Crippen LogP contribution is 2.37. The SMILES string of the molecule is FC(F)(F)C1CCN(C2CN(C(c3ccccc3)c3ccccc3)C2)CC1. The molecule has 0 atom stereocenters. The molecule has 2 nitrogen and oxygen atoms in total. The Hall–Kier alpha value is -1.85. The van der Waals surface area contributed by atoms with E-state index in [1.165, 1.54) is 11.1 Å². The maximum absolute atomic E-state index is 12.9. The van der Waals surface area contributed by atoms with Crippen molar-refractivity contribution in [1.82, 2.24) is 9.80 Å². The molecule has 5 heteroatoms. The van der Waals surface area contributed by atoms with Crippen molar-refractivity contribution in [3.63, 3.8) is 0 Å². The number of hydrogen-bond donors (Lipinski definition) is 0. The van der Waals surface area contributed by atoms with E-state index in [2.05, 4.69) is 58.3 Å². The van der Waals surface area contributed by atoms with Gasteiger partial charge >= 0.3 is 6.18 Å². The van der Waals surface area contributed by atoms with Gasteiger partial charge in [0.05, 0.1) is 12.0 Å². The summed E-state index contributed by atoms with van der Waals surface area (Å²) in [5.74, 6) is -1.12. The normalized spacial score (nSPS) is 20.7. The number of hydrogen-bond acceptors (Lipinski definition) is 2. The van der Waals surface area contributed by atoms with Gasteiger partial charge in [-0.25, -0.2) is 0 Å². The number of nitrogens with zero attached hydrogens (tertiary/aromatic N) is 2. The Morgan fingerprint density at radius 1 is 0.778 bits per heavy atom. The maximum atomic E-state index is 12.9. The van der Waals surface area contributed by atoms with Crippen molar-refractivity contribution in [3.05, 3.63) is 71.8 Å². The van der Waals surface area contributed by atoms with Crippen LogP contribution in [0.3, 0.4) is 0 Å². The van der Waals surface area contributed by atoms with Gasteiger partial charge in [-0.1, -0.05) is 60.7 Å². The highest BCUT2D eigenvalue weighted by Gasteiger charge is 2.44.